The minimum absolute atomic E-state index is 0.100. The van der Waals surface area contributed by atoms with E-state index in [2.05, 4.69) is 5.32 Å². The monoisotopic (exact) mass is 396 g/mol. The SMILES string of the molecule is CCOc1ccc(N(CCNC(=O)c2ccccc2Cl)S(C)(=O)=O)cc1. The first-order valence-corrected chi connectivity index (χ1v) is 10.3. The van der Waals surface area contributed by atoms with Gasteiger partial charge in [-0.25, -0.2) is 8.42 Å². The maximum atomic E-state index is 12.2. The largest absolute Gasteiger partial charge is 0.494 e. The smallest absolute Gasteiger partial charge is 0.252 e. The molecule has 0 radical (unpaired) electrons. The Hall–Kier alpha value is -2.25. The van der Waals surface area contributed by atoms with Gasteiger partial charge in [-0.2, -0.15) is 0 Å². The molecule has 26 heavy (non-hydrogen) atoms. The molecule has 0 saturated carbocycles. The average molecular weight is 397 g/mol. The van der Waals surface area contributed by atoms with Crippen LogP contribution in [0.3, 0.4) is 0 Å². The number of nitrogens with zero attached hydrogens (tertiary/aromatic N) is 1. The van der Waals surface area contributed by atoms with Crippen molar-refractivity contribution >= 4 is 33.2 Å². The van der Waals surface area contributed by atoms with E-state index in [0.717, 1.165) is 6.26 Å². The Labute approximate surface area is 158 Å². The van der Waals surface area contributed by atoms with Crippen LogP contribution in [0.2, 0.25) is 5.02 Å². The van der Waals surface area contributed by atoms with E-state index < -0.39 is 10.0 Å². The van der Waals surface area contributed by atoms with Crippen molar-refractivity contribution in [3.05, 3.63) is 59.1 Å². The van der Waals surface area contributed by atoms with Crippen molar-refractivity contribution in [3.63, 3.8) is 0 Å². The second-order valence-electron chi connectivity index (χ2n) is 5.50. The van der Waals surface area contributed by atoms with Gasteiger partial charge in [0.15, 0.2) is 0 Å². The van der Waals surface area contributed by atoms with E-state index >= 15 is 0 Å². The second kappa shape index (κ2) is 8.91. The number of halogens is 1. The Morgan fingerprint density at radius 1 is 1.15 bits per heavy atom. The molecule has 0 unspecified atom stereocenters. The number of anilines is 1. The molecule has 0 saturated heterocycles. The van der Waals surface area contributed by atoms with Crippen LogP contribution in [0.15, 0.2) is 48.5 Å². The molecule has 0 aliphatic rings. The number of amides is 1. The third-order valence-electron chi connectivity index (χ3n) is 3.55. The lowest BCUT2D eigenvalue weighted by Crippen LogP contribution is -2.38. The standard InChI is InChI=1S/C18H21ClN2O4S/c1-3-25-15-10-8-14(9-11-15)21(26(2,23)24)13-12-20-18(22)16-6-4-5-7-17(16)19/h4-11H,3,12-13H2,1-2H3,(H,20,22). The predicted octanol–water partition coefficient (Wildman–Crippen LogP) is 2.93. The molecule has 1 N–H and O–H groups in total. The molecule has 2 aromatic carbocycles. The van der Waals surface area contributed by atoms with Crippen LogP contribution in [0.1, 0.15) is 17.3 Å². The van der Waals surface area contributed by atoms with E-state index in [-0.39, 0.29) is 19.0 Å². The quantitative estimate of drug-likeness (QED) is 0.744. The normalized spacial score (nSPS) is 11.0. The summed E-state index contributed by atoms with van der Waals surface area (Å²) in [7, 11) is -3.50. The van der Waals surface area contributed by atoms with Crippen LogP contribution in [0, 0.1) is 0 Å². The van der Waals surface area contributed by atoms with Crippen molar-refractivity contribution in [2.45, 2.75) is 6.92 Å². The van der Waals surface area contributed by atoms with E-state index in [1.807, 2.05) is 6.92 Å². The van der Waals surface area contributed by atoms with Crippen LogP contribution in [-0.4, -0.2) is 40.3 Å². The molecule has 0 spiro atoms. The molecule has 0 heterocycles. The van der Waals surface area contributed by atoms with Crippen LogP contribution in [0.5, 0.6) is 5.75 Å². The number of nitrogens with one attached hydrogen (secondary N) is 1. The highest BCUT2D eigenvalue weighted by Gasteiger charge is 2.18. The Morgan fingerprint density at radius 2 is 1.81 bits per heavy atom. The summed E-state index contributed by atoms with van der Waals surface area (Å²) < 4.78 is 30.8. The third-order valence-corrected chi connectivity index (χ3v) is 5.08. The Kier molecular flexibility index (Phi) is 6.88. The number of rotatable bonds is 8. The number of sulfonamides is 1. The van der Waals surface area contributed by atoms with Gasteiger partial charge in [-0.05, 0) is 43.3 Å². The third kappa shape index (κ3) is 5.37. The van der Waals surface area contributed by atoms with Crippen LogP contribution in [0.25, 0.3) is 0 Å². The molecule has 2 rings (SSSR count). The molecule has 0 bridgehead atoms. The van der Waals surface area contributed by atoms with E-state index in [4.69, 9.17) is 16.3 Å². The van der Waals surface area contributed by atoms with Crippen molar-refractivity contribution in [2.75, 3.05) is 30.3 Å². The van der Waals surface area contributed by atoms with Gasteiger partial charge in [-0.3, -0.25) is 9.10 Å². The lowest BCUT2D eigenvalue weighted by Gasteiger charge is -2.23. The minimum atomic E-state index is -3.50. The highest BCUT2D eigenvalue weighted by atomic mass is 35.5. The van der Waals surface area contributed by atoms with Crippen LogP contribution >= 0.6 is 11.6 Å². The molecule has 0 aromatic heterocycles. The maximum Gasteiger partial charge on any atom is 0.252 e. The van der Waals surface area contributed by atoms with Crippen LogP contribution in [0.4, 0.5) is 5.69 Å². The van der Waals surface area contributed by atoms with Gasteiger partial charge in [0.2, 0.25) is 10.0 Å². The lowest BCUT2D eigenvalue weighted by molar-refractivity contribution is 0.0955. The summed E-state index contributed by atoms with van der Waals surface area (Å²) in [6.07, 6.45) is 1.12. The molecule has 0 aliphatic heterocycles. The Bertz CT molecular complexity index is 854. The van der Waals surface area contributed by atoms with Gasteiger partial charge < -0.3 is 10.1 Å². The Morgan fingerprint density at radius 3 is 2.38 bits per heavy atom. The van der Waals surface area contributed by atoms with Gasteiger partial charge in [0.05, 0.1) is 35.7 Å². The molecule has 0 atom stereocenters. The number of benzene rings is 2. The second-order valence-corrected chi connectivity index (χ2v) is 7.81. The van der Waals surface area contributed by atoms with E-state index in [1.54, 1.807) is 48.5 Å². The average Bonchev–Trinajstić information content (AvgIpc) is 2.59. The van der Waals surface area contributed by atoms with E-state index in [0.29, 0.717) is 28.6 Å². The zero-order valence-corrected chi connectivity index (χ0v) is 16.2. The highest BCUT2D eigenvalue weighted by molar-refractivity contribution is 7.92. The first kappa shape index (κ1) is 20.1. The molecule has 0 aliphatic carbocycles. The van der Waals surface area contributed by atoms with Gasteiger partial charge in [0.1, 0.15) is 5.75 Å². The molecule has 6 nitrogen and oxygen atoms in total. The zero-order chi connectivity index (χ0) is 19.2. The van der Waals surface area contributed by atoms with Crippen molar-refractivity contribution in [1.82, 2.24) is 5.32 Å². The van der Waals surface area contributed by atoms with Gasteiger partial charge >= 0.3 is 0 Å². The lowest BCUT2D eigenvalue weighted by atomic mass is 10.2. The van der Waals surface area contributed by atoms with Gasteiger partial charge in [0, 0.05) is 6.54 Å². The number of carbonyl (C=O) groups is 1. The van der Waals surface area contributed by atoms with Crippen LogP contribution < -0.4 is 14.4 Å². The summed E-state index contributed by atoms with van der Waals surface area (Å²) in [5, 5.41) is 3.03. The van der Waals surface area contributed by atoms with E-state index in [9.17, 15) is 13.2 Å². The molecule has 1 amide bonds. The van der Waals surface area contributed by atoms with Gasteiger partial charge in [-0.15, -0.1) is 0 Å². The van der Waals surface area contributed by atoms with Gasteiger partial charge in [-0.1, -0.05) is 23.7 Å². The summed E-state index contributed by atoms with van der Waals surface area (Å²) in [5.41, 5.74) is 0.851. The first-order valence-electron chi connectivity index (χ1n) is 8.06. The zero-order valence-electron chi connectivity index (χ0n) is 14.6. The summed E-state index contributed by atoms with van der Waals surface area (Å²) in [6, 6.07) is 13.4. The molecule has 2 aromatic rings. The fourth-order valence-corrected chi connectivity index (χ4v) is 3.52. The molecular weight excluding hydrogens is 376 g/mol. The topological polar surface area (TPSA) is 75.7 Å². The highest BCUT2D eigenvalue weighted by Crippen LogP contribution is 2.21. The molecule has 8 heteroatoms. The predicted molar refractivity (Wildman–Crippen MR) is 104 cm³/mol. The molecule has 140 valence electrons. The molecular formula is C18H21ClN2O4S. The fourth-order valence-electron chi connectivity index (χ4n) is 2.37. The maximum absolute atomic E-state index is 12.2. The Balaban J connectivity index is 2.05. The number of ether oxygens (including phenoxy) is 1. The summed E-state index contributed by atoms with van der Waals surface area (Å²) in [6.45, 7) is 2.65. The summed E-state index contributed by atoms with van der Waals surface area (Å²) in [4.78, 5) is 12.2. The van der Waals surface area contributed by atoms with E-state index in [1.165, 1.54) is 4.31 Å². The van der Waals surface area contributed by atoms with Crippen molar-refractivity contribution in [3.8, 4) is 5.75 Å². The van der Waals surface area contributed by atoms with Gasteiger partial charge in [0.25, 0.3) is 5.91 Å². The number of hydrogen-bond donors (Lipinski definition) is 1. The van der Waals surface area contributed by atoms with Crippen molar-refractivity contribution in [1.29, 1.82) is 0 Å². The minimum Gasteiger partial charge on any atom is -0.494 e. The van der Waals surface area contributed by atoms with Crippen molar-refractivity contribution in [2.24, 2.45) is 0 Å². The van der Waals surface area contributed by atoms with Crippen molar-refractivity contribution < 1.29 is 17.9 Å². The van der Waals surface area contributed by atoms with Crippen LogP contribution in [-0.2, 0) is 10.0 Å². The first-order chi connectivity index (χ1) is 12.3. The molecule has 0 fully saturated rings. The summed E-state index contributed by atoms with van der Waals surface area (Å²) >= 11 is 5.99. The summed E-state index contributed by atoms with van der Waals surface area (Å²) in [5.74, 6) is 0.312. The number of carbonyl (C=O) groups excluding carboxylic acids is 1. The number of hydrogen-bond acceptors (Lipinski definition) is 4. The fraction of sp³-hybridized carbons (Fsp3) is 0.278.